The van der Waals surface area contributed by atoms with E-state index >= 15 is 0 Å². The zero-order chi connectivity index (χ0) is 20.6. The fourth-order valence-electron chi connectivity index (χ4n) is 2.93. The van der Waals surface area contributed by atoms with E-state index in [-0.39, 0.29) is 24.8 Å². The molecule has 1 N–H and O–H groups in total. The van der Waals surface area contributed by atoms with Gasteiger partial charge in [0.1, 0.15) is 11.5 Å². The normalized spacial score (nSPS) is 12.4. The number of thiophene rings is 1. The minimum atomic E-state index is -1.23. The van der Waals surface area contributed by atoms with Crippen LogP contribution in [0.3, 0.4) is 0 Å². The molecule has 1 unspecified atom stereocenters. The van der Waals surface area contributed by atoms with Crippen LogP contribution in [0, 0.1) is 0 Å². The van der Waals surface area contributed by atoms with Crippen molar-refractivity contribution in [2.24, 2.45) is 0 Å². The van der Waals surface area contributed by atoms with E-state index in [2.05, 4.69) is 0 Å². The van der Waals surface area contributed by atoms with E-state index in [0.29, 0.717) is 18.1 Å². The Morgan fingerprint density at radius 1 is 1.07 bits per heavy atom. The molecule has 0 aliphatic heterocycles. The maximum absolute atomic E-state index is 12.5. The van der Waals surface area contributed by atoms with Crippen molar-refractivity contribution in [3.8, 4) is 0 Å². The lowest BCUT2D eigenvalue weighted by Gasteiger charge is -2.24. The lowest BCUT2D eigenvalue weighted by molar-refractivity contribution is 0.0478. The molecule has 0 amide bonds. The summed E-state index contributed by atoms with van der Waals surface area (Å²) in [5.41, 5.74) is 1.66. The molecule has 3 aromatic rings. The number of hydrogen-bond acceptors (Lipinski definition) is 6. The summed E-state index contributed by atoms with van der Waals surface area (Å²) < 4.78 is 17.9. The fraction of sp³-hybridized carbons (Fsp3) is 0.318. The molecule has 1 aromatic heterocycles. The van der Waals surface area contributed by atoms with Gasteiger partial charge in [0.25, 0.3) is 0 Å². The average molecular weight is 432 g/mol. The number of ether oxygens (including phenoxy) is 1. The maximum atomic E-state index is 12.5. The number of rotatable bonds is 10. The average Bonchev–Trinajstić information content (AvgIpc) is 3.17. The summed E-state index contributed by atoms with van der Waals surface area (Å²) >= 11 is 1.40. The smallest absolute Gasteiger partial charge is 0.348 e. The third kappa shape index (κ3) is 5.62. The van der Waals surface area contributed by atoms with Gasteiger partial charge in [0.15, 0.2) is 8.38 Å². The molecule has 0 bridgehead atoms. The minimum absolute atomic E-state index is 0.0622. The number of fused-ring (bicyclic) bond motifs is 1. The highest BCUT2D eigenvalue weighted by molar-refractivity contribution is 7.47. The van der Waals surface area contributed by atoms with Gasteiger partial charge in [-0.2, -0.15) is 0 Å². The lowest BCUT2D eigenvalue weighted by Crippen LogP contribution is -2.06. The Kier molecular flexibility index (Phi) is 8.16. The van der Waals surface area contributed by atoms with Gasteiger partial charge < -0.3 is 18.9 Å². The molecular formula is C22H25O5PS. The zero-order valence-electron chi connectivity index (χ0n) is 16.5. The fourth-order valence-corrected chi connectivity index (χ4v) is 5.35. The molecule has 29 heavy (non-hydrogen) atoms. The van der Waals surface area contributed by atoms with Gasteiger partial charge in [0.05, 0.1) is 25.5 Å². The maximum Gasteiger partial charge on any atom is 0.348 e. The first kappa shape index (κ1) is 21.9. The third-order valence-corrected chi connectivity index (χ3v) is 7.37. The molecule has 3 rings (SSSR count). The first-order valence-electron chi connectivity index (χ1n) is 9.56. The SMILES string of the molecule is CCOP(OCC)C(CO)c1ccc2sc(C(=O)OCc3ccccc3)cc2c1. The molecule has 0 aliphatic rings. The van der Waals surface area contributed by atoms with Gasteiger partial charge in [-0.1, -0.05) is 36.4 Å². The number of esters is 1. The predicted octanol–water partition coefficient (Wildman–Crippen LogP) is 5.68. The zero-order valence-corrected chi connectivity index (χ0v) is 18.2. The standard InChI is InChI=1S/C22H25O5PS/c1-3-26-28(27-4-2)19(14-23)17-10-11-20-18(12-17)13-21(29-20)22(24)25-15-16-8-6-5-7-9-16/h5-13,19,23H,3-4,14-15H2,1-2H3. The van der Waals surface area contributed by atoms with Crippen molar-refractivity contribution in [1.29, 1.82) is 0 Å². The van der Waals surface area contributed by atoms with Crippen molar-refractivity contribution in [2.75, 3.05) is 19.8 Å². The third-order valence-electron chi connectivity index (χ3n) is 4.28. The summed E-state index contributed by atoms with van der Waals surface area (Å²) in [6.07, 6.45) is 0. The molecule has 154 valence electrons. The van der Waals surface area contributed by atoms with Crippen molar-refractivity contribution in [2.45, 2.75) is 26.1 Å². The van der Waals surface area contributed by atoms with Crippen molar-refractivity contribution >= 4 is 35.8 Å². The van der Waals surface area contributed by atoms with Crippen molar-refractivity contribution in [3.05, 3.63) is 70.6 Å². The van der Waals surface area contributed by atoms with Gasteiger partial charge in [-0.3, -0.25) is 0 Å². The highest BCUT2D eigenvalue weighted by Gasteiger charge is 2.25. The number of carbonyl (C=O) groups is 1. The van der Waals surface area contributed by atoms with Crippen LogP contribution in [0.25, 0.3) is 10.1 Å². The number of benzene rings is 2. The van der Waals surface area contributed by atoms with E-state index in [1.54, 1.807) is 0 Å². The molecule has 1 atom stereocenters. The topological polar surface area (TPSA) is 65.0 Å². The molecule has 0 fully saturated rings. The predicted molar refractivity (Wildman–Crippen MR) is 117 cm³/mol. The van der Waals surface area contributed by atoms with Gasteiger partial charge in [-0.05, 0) is 48.6 Å². The Morgan fingerprint density at radius 2 is 1.79 bits per heavy atom. The quantitative estimate of drug-likeness (QED) is 0.330. The first-order chi connectivity index (χ1) is 14.2. The summed E-state index contributed by atoms with van der Waals surface area (Å²) in [6, 6.07) is 17.4. The minimum Gasteiger partial charge on any atom is -0.457 e. The van der Waals surface area contributed by atoms with Gasteiger partial charge in [0, 0.05) is 4.70 Å². The van der Waals surface area contributed by atoms with Crippen LogP contribution in [-0.2, 0) is 20.4 Å². The largest absolute Gasteiger partial charge is 0.457 e. The van der Waals surface area contributed by atoms with Crippen LogP contribution in [0.5, 0.6) is 0 Å². The monoisotopic (exact) mass is 432 g/mol. The van der Waals surface area contributed by atoms with E-state index < -0.39 is 8.38 Å². The summed E-state index contributed by atoms with van der Waals surface area (Å²) in [5.74, 6) is -0.332. The molecule has 0 saturated carbocycles. The molecule has 0 spiro atoms. The second kappa shape index (κ2) is 10.8. The van der Waals surface area contributed by atoms with E-state index in [1.807, 2.05) is 68.4 Å². The van der Waals surface area contributed by atoms with Crippen molar-refractivity contribution < 1.29 is 23.7 Å². The van der Waals surface area contributed by atoms with Crippen LogP contribution in [0.15, 0.2) is 54.6 Å². The number of aliphatic hydroxyl groups is 1. The van der Waals surface area contributed by atoms with Crippen LogP contribution in [0.1, 0.15) is 40.3 Å². The molecule has 0 saturated heterocycles. The molecule has 1 heterocycles. The molecule has 5 nitrogen and oxygen atoms in total. The van der Waals surface area contributed by atoms with Crippen molar-refractivity contribution in [3.63, 3.8) is 0 Å². The number of aliphatic hydroxyl groups excluding tert-OH is 1. The second-order valence-corrected chi connectivity index (χ2v) is 9.08. The molecule has 7 heteroatoms. The Morgan fingerprint density at radius 3 is 2.45 bits per heavy atom. The van der Waals surface area contributed by atoms with E-state index in [9.17, 15) is 9.90 Å². The van der Waals surface area contributed by atoms with Gasteiger partial charge in [-0.15, -0.1) is 11.3 Å². The highest BCUT2D eigenvalue weighted by Crippen LogP contribution is 2.53. The number of hydrogen-bond donors (Lipinski definition) is 1. The van der Waals surface area contributed by atoms with E-state index in [4.69, 9.17) is 13.8 Å². The number of carbonyl (C=O) groups excluding carboxylic acids is 1. The molecule has 0 radical (unpaired) electrons. The summed E-state index contributed by atoms with van der Waals surface area (Å²) in [5, 5.41) is 10.9. The first-order valence-corrected chi connectivity index (χ1v) is 11.6. The lowest BCUT2D eigenvalue weighted by atomic mass is 10.1. The van der Waals surface area contributed by atoms with Gasteiger partial charge in [0.2, 0.25) is 0 Å². The molecule has 2 aromatic carbocycles. The molecular weight excluding hydrogens is 407 g/mol. The summed E-state index contributed by atoms with van der Waals surface area (Å²) in [7, 11) is -1.23. The van der Waals surface area contributed by atoms with Crippen LogP contribution < -0.4 is 0 Å². The second-order valence-electron chi connectivity index (χ2n) is 6.29. The van der Waals surface area contributed by atoms with E-state index in [0.717, 1.165) is 21.2 Å². The Labute approximate surface area is 176 Å². The van der Waals surface area contributed by atoms with Crippen LogP contribution in [-0.4, -0.2) is 30.9 Å². The van der Waals surface area contributed by atoms with Crippen LogP contribution in [0.4, 0.5) is 0 Å². The van der Waals surface area contributed by atoms with Gasteiger partial charge >= 0.3 is 5.97 Å². The Bertz CT molecular complexity index is 921. The van der Waals surface area contributed by atoms with Crippen molar-refractivity contribution in [1.82, 2.24) is 0 Å². The Hall–Kier alpha value is -1.82. The van der Waals surface area contributed by atoms with Crippen LogP contribution >= 0.6 is 19.7 Å². The molecule has 0 aliphatic carbocycles. The van der Waals surface area contributed by atoms with Crippen LogP contribution in [0.2, 0.25) is 0 Å². The summed E-state index contributed by atoms with van der Waals surface area (Å²) in [4.78, 5) is 13.0. The summed E-state index contributed by atoms with van der Waals surface area (Å²) in [6.45, 7) is 5.07. The van der Waals surface area contributed by atoms with E-state index in [1.165, 1.54) is 11.3 Å². The highest BCUT2D eigenvalue weighted by atomic mass is 32.1. The Balaban J connectivity index is 1.77. The van der Waals surface area contributed by atoms with Gasteiger partial charge in [-0.25, -0.2) is 4.79 Å².